The van der Waals surface area contributed by atoms with Crippen LogP contribution in [0.5, 0.6) is 0 Å². The van der Waals surface area contributed by atoms with Crippen molar-refractivity contribution in [2.75, 3.05) is 33.3 Å². The van der Waals surface area contributed by atoms with Gasteiger partial charge in [-0.15, -0.1) is 0 Å². The highest BCUT2D eigenvalue weighted by Gasteiger charge is 2.35. The largest absolute Gasteiger partial charge is 0.466 e. The number of quaternary nitrogens is 1. The van der Waals surface area contributed by atoms with Crippen LogP contribution in [0, 0.1) is 10.1 Å². The van der Waals surface area contributed by atoms with E-state index < -0.39 is 16.9 Å². The average Bonchev–Trinajstić information content (AvgIpc) is 2.69. The maximum absolute atomic E-state index is 12.6. The third-order valence-electron chi connectivity index (χ3n) is 5.10. The first-order valence-electron chi connectivity index (χ1n) is 9.29. The van der Waals surface area contributed by atoms with E-state index in [0.29, 0.717) is 28.5 Å². The summed E-state index contributed by atoms with van der Waals surface area (Å²) in [5.41, 5.74) is 1.66. The molecule has 0 aliphatic carbocycles. The molecule has 0 amide bonds. The Bertz CT molecular complexity index is 792. The Morgan fingerprint density at radius 2 is 2.07 bits per heavy atom. The maximum Gasteiger partial charge on any atom is 0.337 e. The van der Waals surface area contributed by atoms with Crippen molar-refractivity contribution >= 4 is 29.0 Å². The van der Waals surface area contributed by atoms with Crippen molar-refractivity contribution in [2.45, 2.75) is 26.8 Å². The minimum atomic E-state index is -0.600. The number of nitro groups is 1. The number of non-ortho nitro benzene ring substituents is 1. The number of rotatable bonds is 8. The molecule has 0 radical (unpaired) electrons. The first-order chi connectivity index (χ1) is 13.3. The van der Waals surface area contributed by atoms with Gasteiger partial charge in [-0.3, -0.25) is 10.1 Å². The smallest absolute Gasteiger partial charge is 0.337 e. The Hall–Kier alpha value is -2.52. The molecular formula is C19H27N4O4S+. The number of methoxy groups -OCH3 is 1. The molecule has 0 saturated heterocycles. The number of hydrogen-bond donors (Lipinski definition) is 2. The number of thiocarbonyl (C=S) groups is 1. The molecule has 0 unspecified atom stereocenters. The molecule has 2 N–H and O–H groups in total. The molecule has 1 atom stereocenters. The van der Waals surface area contributed by atoms with Gasteiger partial charge >= 0.3 is 5.97 Å². The van der Waals surface area contributed by atoms with Crippen LogP contribution in [0.1, 0.15) is 32.4 Å². The highest BCUT2D eigenvalue weighted by molar-refractivity contribution is 7.80. The Morgan fingerprint density at radius 1 is 1.39 bits per heavy atom. The van der Waals surface area contributed by atoms with Crippen LogP contribution in [0.4, 0.5) is 5.69 Å². The number of nitrogens with zero attached hydrogens (tertiary/aromatic N) is 2. The lowest BCUT2D eigenvalue weighted by Crippen LogP contribution is -3.12. The molecule has 0 aromatic heterocycles. The Labute approximate surface area is 170 Å². The summed E-state index contributed by atoms with van der Waals surface area (Å²) in [5, 5.41) is 14.8. The number of benzene rings is 1. The number of allylic oxidation sites excluding steroid dienone is 1. The predicted molar refractivity (Wildman–Crippen MR) is 110 cm³/mol. The molecule has 9 heteroatoms. The van der Waals surface area contributed by atoms with E-state index in [1.807, 2.05) is 11.8 Å². The molecule has 0 bridgehead atoms. The van der Waals surface area contributed by atoms with Gasteiger partial charge in [-0.05, 0) is 38.6 Å². The fourth-order valence-electron chi connectivity index (χ4n) is 3.37. The van der Waals surface area contributed by atoms with Crippen LogP contribution >= 0.6 is 12.2 Å². The lowest BCUT2D eigenvalue weighted by molar-refractivity contribution is -0.895. The van der Waals surface area contributed by atoms with Crippen molar-refractivity contribution in [3.8, 4) is 0 Å². The van der Waals surface area contributed by atoms with Crippen molar-refractivity contribution in [1.29, 1.82) is 0 Å². The summed E-state index contributed by atoms with van der Waals surface area (Å²) in [6.07, 6.45) is 0. The molecule has 8 nitrogen and oxygen atoms in total. The minimum Gasteiger partial charge on any atom is -0.466 e. The number of esters is 1. The van der Waals surface area contributed by atoms with Gasteiger partial charge in [-0.25, -0.2) is 4.79 Å². The summed E-state index contributed by atoms with van der Waals surface area (Å²) in [6.45, 7) is 9.65. The molecule has 2 rings (SSSR count). The number of ether oxygens (including phenoxy) is 1. The normalized spacial score (nSPS) is 17.0. The van der Waals surface area contributed by atoms with Crippen LogP contribution in [-0.2, 0) is 9.53 Å². The number of hydrogen-bond acceptors (Lipinski definition) is 5. The van der Waals surface area contributed by atoms with Gasteiger partial charge < -0.3 is 19.9 Å². The fourth-order valence-corrected chi connectivity index (χ4v) is 3.71. The molecule has 1 aromatic carbocycles. The third kappa shape index (κ3) is 4.66. The van der Waals surface area contributed by atoms with Gasteiger partial charge in [-0.2, -0.15) is 0 Å². The van der Waals surface area contributed by atoms with E-state index in [2.05, 4.69) is 19.2 Å². The van der Waals surface area contributed by atoms with Crippen molar-refractivity contribution < 1.29 is 19.4 Å². The quantitative estimate of drug-likeness (QED) is 0.290. The second kappa shape index (κ2) is 9.61. The van der Waals surface area contributed by atoms with Crippen LogP contribution in [0.25, 0.3) is 0 Å². The second-order valence-electron chi connectivity index (χ2n) is 6.58. The van der Waals surface area contributed by atoms with Gasteiger partial charge in [0.25, 0.3) is 5.69 Å². The van der Waals surface area contributed by atoms with Crippen LogP contribution in [0.15, 0.2) is 35.5 Å². The van der Waals surface area contributed by atoms with E-state index in [0.717, 1.165) is 19.6 Å². The van der Waals surface area contributed by atoms with Gasteiger partial charge in [0, 0.05) is 17.8 Å². The van der Waals surface area contributed by atoms with Gasteiger partial charge in [0.15, 0.2) is 5.11 Å². The second-order valence-corrected chi connectivity index (χ2v) is 6.97. The molecule has 0 saturated carbocycles. The number of carbonyl (C=O) groups excluding carboxylic acids is 1. The van der Waals surface area contributed by atoms with Crippen molar-refractivity contribution in [1.82, 2.24) is 10.2 Å². The van der Waals surface area contributed by atoms with Gasteiger partial charge in [0.2, 0.25) is 0 Å². The highest BCUT2D eigenvalue weighted by atomic mass is 32.1. The highest BCUT2D eigenvalue weighted by Crippen LogP contribution is 2.32. The summed E-state index contributed by atoms with van der Waals surface area (Å²) in [4.78, 5) is 26.6. The molecule has 28 heavy (non-hydrogen) atoms. The average molecular weight is 408 g/mol. The Morgan fingerprint density at radius 3 is 2.64 bits per heavy atom. The first-order valence-corrected chi connectivity index (χ1v) is 9.69. The van der Waals surface area contributed by atoms with Crippen LogP contribution in [-0.4, -0.2) is 54.2 Å². The number of carbonyl (C=O) groups is 1. The monoisotopic (exact) mass is 407 g/mol. The fraction of sp³-hybridized carbons (Fsp3) is 0.474. The summed E-state index contributed by atoms with van der Waals surface area (Å²) >= 11 is 5.55. The molecular weight excluding hydrogens is 380 g/mol. The third-order valence-corrected chi connectivity index (χ3v) is 5.44. The molecule has 1 aromatic rings. The van der Waals surface area contributed by atoms with Crippen molar-refractivity contribution in [2.24, 2.45) is 0 Å². The van der Waals surface area contributed by atoms with Crippen LogP contribution in [0.2, 0.25) is 0 Å². The molecule has 1 heterocycles. The van der Waals surface area contributed by atoms with Crippen LogP contribution < -0.4 is 10.2 Å². The molecule has 1 aliphatic rings. The Balaban J connectivity index is 2.43. The topological polar surface area (TPSA) is 89.1 Å². The Kier molecular flexibility index (Phi) is 7.47. The van der Waals surface area contributed by atoms with Gasteiger partial charge in [0.1, 0.15) is 0 Å². The number of likely N-dealkylation sites (N-methyl/N-ethyl adjacent to an activating group) is 1. The zero-order valence-electron chi connectivity index (χ0n) is 16.7. The zero-order chi connectivity index (χ0) is 20.8. The molecule has 0 fully saturated rings. The zero-order valence-corrected chi connectivity index (χ0v) is 17.5. The summed E-state index contributed by atoms with van der Waals surface area (Å²) in [5.74, 6) is -0.482. The van der Waals surface area contributed by atoms with Gasteiger partial charge in [0.05, 0.1) is 49.8 Å². The van der Waals surface area contributed by atoms with E-state index in [4.69, 9.17) is 17.0 Å². The van der Waals surface area contributed by atoms with E-state index >= 15 is 0 Å². The lowest BCUT2D eigenvalue weighted by atomic mass is 9.94. The maximum atomic E-state index is 12.6. The summed E-state index contributed by atoms with van der Waals surface area (Å²) in [7, 11) is 1.32. The van der Waals surface area contributed by atoms with E-state index in [-0.39, 0.29) is 5.69 Å². The molecule has 0 spiro atoms. The van der Waals surface area contributed by atoms with E-state index in [9.17, 15) is 14.9 Å². The number of nitro benzene ring substituents is 1. The standard InChI is InChI=1S/C19H26N4O4S/c1-5-21(6-2)10-11-22-13(3)16(18(24)27-4)17(20-19(22)28)14-8-7-9-15(12-14)23(25)26/h7-9,12,17H,5-6,10-11H2,1-4H3,(H,20,28)/p+1/t17-/m1/s1. The summed E-state index contributed by atoms with van der Waals surface area (Å²) in [6, 6.07) is 5.60. The first kappa shape index (κ1) is 21.8. The molecule has 152 valence electrons. The van der Waals surface area contributed by atoms with Crippen LogP contribution in [0.3, 0.4) is 0 Å². The number of nitrogens with one attached hydrogen (secondary N) is 2. The lowest BCUT2D eigenvalue weighted by Gasteiger charge is -2.37. The van der Waals surface area contributed by atoms with E-state index in [1.54, 1.807) is 12.1 Å². The minimum absolute atomic E-state index is 0.0420. The summed E-state index contributed by atoms with van der Waals surface area (Å²) < 4.78 is 5.00. The molecule has 1 aliphatic heterocycles. The van der Waals surface area contributed by atoms with E-state index in [1.165, 1.54) is 24.1 Å². The van der Waals surface area contributed by atoms with Gasteiger partial charge in [-0.1, -0.05) is 12.1 Å². The van der Waals surface area contributed by atoms with Crippen molar-refractivity contribution in [3.63, 3.8) is 0 Å². The predicted octanol–water partition coefficient (Wildman–Crippen LogP) is 1.20. The SMILES string of the molecule is CC[NH+](CC)CCN1C(=S)N[C@H](c2cccc([N+](=O)[O-])c2)C(C(=O)OC)=C1C. The van der Waals surface area contributed by atoms with Crippen molar-refractivity contribution in [3.05, 3.63) is 51.2 Å².